The third kappa shape index (κ3) is 36.8. The van der Waals surface area contributed by atoms with Crippen molar-refractivity contribution < 1.29 is 9.59 Å². The molecule has 2 saturated heterocycles. The van der Waals surface area contributed by atoms with Gasteiger partial charge in [0.25, 0.3) is 11.8 Å². The van der Waals surface area contributed by atoms with E-state index in [1.807, 2.05) is 159 Å². The number of nitrogen functional groups attached to an aromatic ring is 3. The van der Waals surface area contributed by atoms with Crippen molar-refractivity contribution in [1.29, 1.82) is 0 Å². The number of carbonyl (C=O) groups is 2. The van der Waals surface area contributed by atoms with Crippen molar-refractivity contribution >= 4 is 101 Å². The van der Waals surface area contributed by atoms with Gasteiger partial charge in [0.15, 0.2) is 11.6 Å². The molecule has 0 saturated carbocycles. The second-order valence-corrected chi connectivity index (χ2v) is 34.5. The Morgan fingerprint density at radius 3 is 1.14 bits per heavy atom. The van der Waals surface area contributed by atoms with Gasteiger partial charge in [0.2, 0.25) is 77.3 Å². The number of nitrogens with one attached hydrogen (secondary N) is 6. The fourth-order valence-corrected chi connectivity index (χ4v) is 14.2. The van der Waals surface area contributed by atoms with Crippen LogP contribution in [0.5, 0.6) is 0 Å². The molecule has 8 aromatic heterocycles. The van der Waals surface area contributed by atoms with Crippen LogP contribution in [0.15, 0.2) is 140 Å². The summed E-state index contributed by atoms with van der Waals surface area (Å²) in [6, 6.07) is 44.2. The number of carbonyl (C=O) groups excluding carboxylic acids is 2. The van der Waals surface area contributed by atoms with Crippen molar-refractivity contribution in [3.05, 3.63) is 219 Å². The summed E-state index contributed by atoms with van der Waals surface area (Å²) in [6.45, 7) is 50.4. The Balaban J connectivity index is 0.000000184. The van der Waals surface area contributed by atoms with Crippen LogP contribution in [0.2, 0.25) is 0 Å². The number of hydrogen-bond acceptors (Lipinski definition) is 35. The van der Waals surface area contributed by atoms with Crippen LogP contribution in [0.4, 0.5) is 88.7 Å². The molecule has 0 radical (unpaired) electrons. The van der Waals surface area contributed by atoms with Gasteiger partial charge in [-0.2, -0.15) is 99.7 Å². The van der Waals surface area contributed by atoms with Gasteiger partial charge in [0.1, 0.15) is 34.9 Å². The smallest absolute Gasteiger partial charge is 0.258 e. The van der Waals surface area contributed by atoms with E-state index in [-0.39, 0.29) is 35.6 Å². The van der Waals surface area contributed by atoms with Gasteiger partial charge in [-0.3, -0.25) is 25.2 Å². The van der Waals surface area contributed by atoms with E-state index in [9.17, 15) is 9.59 Å². The standard InChI is InChI=1S/C20H19N5O2.C18H19N5.C16H31N5.C14H20N6.C14H23N5.C13H16N4.C8H15N5/c1-12-4-8-15(9-5-12)17(26)23-19-21-14(3)22-20(25-19)24-18(27)16-10-6-13(2)7-11-16;1-12-6-4-8-15(10-12)21-17-19-14(3)20-18(23-17)22-16-9-5-7-13(2)11-16;1-6-10-12-20(8-3)15-17-14(5)18-16(19-15)21(9-4)13-11-7-2;1-7(2)10-5-9(6-11(17-10)8(3)4)12-18-13(15)20-14(16)19-12;1-12-15-13(18-8-4-2-5-9-18)17-14(16-12)19-10-6-3-7-11-19;1-2-3-9-11-15-12(17-13(14)16-11)10-7-5-4-6-8-10;1-4-9-7-11-6(3)12-8(13-7)10-5-2/h4-11H,1-3H3,(H2,21,22,23,24,25,26,27);4-11H,1-3H3,(H2,19,20,21,22,23);6-13H2,1-5H3;5-8H,1-4H3,(H4,15,16,18,19,20);2-11H2,1H3;4-8H,2-3,9H2,1H3,(H2,14,15,16,17);4-5H2,1-3H3,(H2,9,10,11,12,13). The Kier molecular flexibility index (Phi) is 44.0. The quantitative estimate of drug-likeness (QED) is 0.0195. The molecule has 37 nitrogen and oxygen atoms in total. The molecule has 5 aromatic carbocycles. The molecule has 10 heterocycles. The summed E-state index contributed by atoms with van der Waals surface area (Å²) in [7, 11) is 0. The molecule has 15 rings (SSSR count). The van der Waals surface area contributed by atoms with E-state index >= 15 is 0 Å². The highest BCUT2D eigenvalue weighted by atomic mass is 16.2. The van der Waals surface area contributed by atoms with Crippen molar-refractivity contribution in [3.8, 4) is 22.8 Å². The van der Waals surface area contributed by atoms with Crippen LogP contribution in [-0.2, 0) is 6.42 Å². The molecule has 0 aliphatic carbocycles. The van der Waals surface area contributed by atoms with Gasteiger partial charge in [-0.1, -0.05) is 158 Å². The molecule has 2 aliphatic rings. The molecule has 37 heteroatoms. The van der Waals surface area contributed by atoms with Crippen molar-refractivity contribution in [1.82, 2.24) is 110 Å². The summed E-state index contributed by atoms with van der Waals surface area (Å²) in [5.74, 6) is 11.7. The first-order valence-corrected chi connectivity index (χ1v) is 48.8. The molecule has 13 aromatic rings. The lowest BCUT2D eigenvalue weighted by molar-refractivity contribution is 0.101. The number of nitrogens with two attached hydrogens (primary N) is 3. The largest absolute Gasteiger partial charge is 0.368 e. The molecule has 0 unspecified atom stereocenters. The summed E-state index contributed by atoms with van der Waals surface area (Å²) in [5.41, 5.74) is 28.2. The third-order valence-electron chi connectivity index (χ3n) is 21.6. The van der Waals surface area contributed by atoms with Crippen LogP contribution >= 0.6 is 0 Å². The summed E-state index contributed by atoms with van der Waals surface area (Å²) < 4.78 is 0. The van der Waals surface area contributed by atoms with Crippen LogP contribution in [0.25, 0.3) is 22.8 Å². The number of piperidine rings is 2. The molecule has 0 atom stereocenters. The molecular formula is C103H143N35O2. The van der Waals surface area contributed by atoms with Crippen molar-refractivity contribution in [2.45, 2.75) is 234 Å². The van der Waals surface area contributed by atoms with E-state index in [0.29, 0.717) is 76.0 Å². The van der Waals surface area contributed by atoms with Crippen molar-refractivity contribution in [2.24, 2.45) is 0 Å². The first kappa shape index (κ1) is 109. The molecule has 2 aliphatic heterocycles. The zero-order valence-corrected chi connectivity index (χ0v) is 85.4. The monoisotopic (exact) mass is 1900 g/mol. The molecule has 0 spiro atoms. The van der Waals surface area contributed by atoms with Gasteiger partial charge in [0, 0.05) is 117 Å². The number of aromatic nitrogens is 22. The van der Waals surface area contributed by atoms with Gasteiger partial charge in [-0.15, -0.1) is 0 Å². The number of pyridine rings is 1. The molecule has 12 N–H and O–H groups in total. The number of nitrogens with zero attached hydrogens (tertiary/aromatic N) is 26. The van der Waals surface area contributed by atoms with E-state index in [1.165, 1.54) is 75.3 Å². The van der Waals surface area contributed by atoms with E-state index in [2.05, 4.69) is 239 Å². The van der Waals surface area contributed by atoms with E-state index < -0.39 is 0 Å². The molecular weight excluding hydrogens is 1760 g/mol. The second-order valence-electron chi connectivity index (χ2n) is 34.5. The fourth-order valence-electron chi connectivity index (χ4n) is 14.2. The van der Waals surface area contributed by atoms with Crippen LogP contribution in [0, 0.1) is 62.3 Å². The zero-order valence-electron chi connectivity index (χ0n) is 85.4. The predicted octanol–water partition coefficient (Wildman–Crippen LogP) is 19.0. The minimum atomic E-state index is -0.337. The molecule has 742 valence electrons. The minimum absolute atomic E-state index is 0.0762. The first-order chi connectivity index (χ1) is 67.4. The third-order valence-corrected chi connectivity index (χ3v) is 21.6. The van der Waals surface area contributed by atoms with Crippen LogP contribution < -0.4 is 68.7 Å². The Labute approximate surface area is 825 Å². The SMILES string of the molecule is CC(C)c1cc(-c2nc(N)nc(N)n2)cc(C(C)C)n1.CCCCN(CC)c1nc(C)nc(N(CC)CCCC)n1.CCCCc1nc(N)nc(-c2ccccc2)n1.CCNc1nc(C)nc(NCC)n1.Cc1ccc(C(=O)Nc2nc(C)nc(NC(=O)c3ccc(C)cc3)n2)cc1.Cc1cccc(Nc2nc(C)nc(Nc3cccc(C)c3)n2)c1.Cc1nc(N2CCCCC2)nc(N2CCCCC2)n1. The van der Waals surface area contributed by atoms with Gasteiger partial charge in [-0.05, 0) is 231 Å². The first-order valence-electron chi connectivity index (χ1n) is 48.8. The Hall–Kier alpha value is -14.9. The molecule has 0 bridgehead atoms. The average Bonchev–Trinajstić information content (AvgIpc) is 0.815. The van der Waals surface area contributed by atoms with Gasteiger partial charge in [-0.25, -0.2) is 4.98 Å². The topological polar surface area (TPSA) is 481 Å². The maximum atomic E-state index is 12.3. The Bertz CT molecular complexity index is 5720. The van der Waals surface area contributed by atoms with Crippen LogP contribution in [0.1, 0.15) is 254 Å². The number of unbranched alkanes of at least 4 members (excludes halogenated alkanes) is 3. The highest BCUT2D eigenvalue weighted by molar-refractivity contribution is 6.04. The molecule has 140 heavy (non-hydrogen) atoms. The molecule has 2 amide bonds. The molecule has 2 fully saturated rings. The van der Waals surface area contributed by atoms with Gasteiger partial charge < -0.3 is 58.1 Å². The van der Waals surface area contributed by atoms with E-state index in [4.69, 9.17) is 27.2 Å². The van der Waals surface area contributed by atoms with Gasteiger partial charge >= 0.3 is 0 Å². The minimum Gasteiger partial charge on any atom is -0.368 e. The Morgan fingerprint density at radius 2 is 0.736 bits per heavy atom. The van der Waals surface area contributed by atoms with Crippen molar-refractivity contribution in [3.63, 3.8) is 0 Å². The van der Waals surface area contributed by atoms with Gasteiger partial charge in [0.05, 0.1) is 0 Å². The lowest BCUT2D eigenvalue weighted by atomic mass is 10.0. The maximum absolute atomic E-state index is 12.3. The highest BCUT2D eigenvalue weighted by Crippen LogP contribution is 2.29. The average molecular weight is 1900 g/mol. The van der Waals surface area contributed by atoms with E-state index in [1.54, 1.807) is 31.2 Å². The number of benzene rings is 5. The summed E-state index contributed by atoms with van der Waals surface area (Å²) in [5, 5.41) is 17.8. The highest BCUT2D eigenvalue weighted by Gasteiger charge is 2.23. The van der Waals surface area contributed by atoms with Crippen LogP contribution in [0.3, 0.4) is 0 Å². The number of hydrogen-bond donors (Lipinski definition) is 9. The normalized spacial score (nSPS) is 11.9. The zero-order chi connectivity index (χ0) is 101. The van der Waals surface area contributed by atoms with Crippen LogP contribution in [-0.4, -0.2) is 187 Å². The lowest BCUT2D eigenvalue weighted by Gasteiger charge is -2.30. The second kappa shape index (κ2) is 56.7. The van der Waals surface area contributed by atoms with Crippen molar-refractivity contribution in [2.75, 3.05) is 134 Å². The predicted molar refractivity (Wildman–Crippen MR) is 564 cm³/mol. The fraction of sp³-hybridized carbons (Fsp3) is 0.437. The lowest BCUT2D eigenvalue weighted by Crippen LogP contribution is -2.34. The summed E-state index contributed by atoms with van der Waals surface area (Å²) in [6.07, 6.45) is 15.4. The maximum Gasteiger partial charge on any atom is 0.258 e. The number of rotatable bonds is 31. The number of aryl methyl sites for hydroxylation is 10. The Morgan fingerprint density at radius 1 is 0.350 bits per heavy atom. The number of anilines is 15. The summed E-state index contributed by atoms with van der Waals surface area (Å²) >= 11 is 0. The summed E-state index contributed by atoms with van der Waals surface area (Å²) in [4.78, 5) is 129. The van der Waals surface area contributed by atoms with E-state index in [0.717, 1.165) is 177 Å². The number of amides is 2.